The van der Waals surface area contributed by atoms with Gasteiger partial charge in [0.05, 0.1) is 6.20 Å². The van der Waals surface area contributed by atoms with Gasteiger partial charge in [0.2, 0.25) is 0 Å². The highest BCUT2D eigenvalue weighted by Gasteiger charge is 2.25. The second-order valence-electron chi connectivity index (χ2n) is 7.44. The van der Waals surface area contributed by atoms with Gasteiger partial charge in [0.1, 0.15) is 0 Å². The van der Waals surface area contributed by atoms with E-state index in [1.807, 2.05) is 25.0 Å². The van der Waals surface area contributed by atoms with Gasteiger partial charge in [0.15, 0.2) is 5.96 Å². The van der Waals surface area contributed by atoms with Gasteiger partial charge in [0.25, 0.3) is 0 Å². The van der Waals surface area contributed by atoms with E-state index in [0.717, 1.165) is 44.9 Å². The van der Waals surface area contributed by atoms with Crippen molar-refractivity contribution in [2.24, 2.45) is 12.0 Å². The molecule has 146 valence electrons. The van der Waals surface area contributed by atoms with Crippen LogP contribution in [0, 0.1) is 0 Å². The second kappa shape index (κ2) is 9.55. The molecule has 2 N–H and O–H groups in total. The van der Waals surface area contributed by atoms with Gasteiger partial charge < -0.3 is 10.6 Å². The fraction of sp³-hybridized carbons (Fsp3) is 0.524. The average Bonchev–Trinajstić information content (AvgIpc) is 3.09. The monoisotopic (exact) mass is 368 g/mol. The predicted octanol–water partition coefficient (Wildman–Crippen LogP) is 2.18. The van der Waals surface area contributed by atoms with Gasteiger partial charge in [0, 0.05) is 52.0 Å². The van der Waals surface area contributed by atoms with Crippen LogP contribution in [0.25, 0.3) is 0 Å². The molecule has 1 aliphatic rings. The molecule has 1 saturated heterocycles. The Hall–Kier alpha value is -2.34. The number of piperidine rings is 1. The number of nitrogens with one attached hydrogen (secondary N) is 2. The highest BCUT2D eigenvalue weighted by Crippen LogP contribution is 2.19. The SMILES string of the molecule is CN=C(NCCc1cnn(C)c1)NC1CCN(Cc2ccccc2)C(C)C1. The molecule has 1 fully saturated rings. The van der Waals surface area contributed by atoms with E-state index in [2.05, 4.69) is 69.1 Å². The number of likely N-dealkylation sites (tertiary alicyclic amines) is 1. The van der Waals surface area contributed by atoms with Crippen LogP contribution in [-0.4, -0.2) is 52.9 Å². The molecule has 3 rings (SSSR count). The lowest BCUT2D eigenvalue weighted by Crippen LogP contribution is -2.51. The van der Waals surface area contributed by atoms with Crippen molar-refractivity contribution in [3.05, 3.63) is 53.9 Å². The second-order valence-corrected chi connectivity index (χ2v) is 7.44. The molecule has 2 heterocycles. The van der Waals surface area contributed by atoms with Gasteiger partial charge in [-0.15, -0.1) is 0 Å². The topological polar surface area (TPSA) is 57.5 Å². The number of hydrogen-bond acceptors (Lipinski definition) is 3. The van der Waals surface area contributed by atoms with Gasteiger partial charge in [-0.2, -0.15) is 5.10 Å². The van der Waals surface area contributed by atoms with Crippen molar-refractivity contribution in [3.63, 3.8) is 0 Å². The van der Waals surface area contributed by atoms with Gasteiger partial charge in [-0.3, -0.25) is 14.6 Å². The molecular weight excluding hydrogens is 336 g/mol. The Kier molecular flexibility index (Phi) is 6.87. The zero-order chi connectivity index (χ0) is 19.1. The molecule has 0 spiro atoms. The summed E-state index contributed by atoms with van der Waals surface area (Å²) >= 11 is 0. The molecule has 6 nitrogen and oxygen atoms in total. The maximum absolute atomic E-state index is 4.39. The average molecular weight is 369 g/mol. The first-order valence-corrected chi connectivity index (χ1v) is 9.86. The number of nitrogens with zero attached hydrogens (tertiary/aromatic N) is 4. The Bertz CT molecular complexity index is 723. The maximum Gasteiger partial charge on any atom is 0.191 e. The third-order valence-corrected chi connectivity index (χ3v) is 5.27. The van der Waals surface area contributed by atoms with Crippen LogP contribution >= 0.6 is 0 Å². The molecule has 1 aromatic heterocycles. The van der Waals surface area contributed by atoms with E-state index >= 15 is 0 Å². The summed E-state index contributed by atoms with van der Waals surface area (Å²) in [5.41, 5.74) is 2.63. The van der Waals surface area contributed by atoms with Crippen LogP contribution < -0.4 is 10.6 Å². The quantitative estimate of drug-likeness (QED) is 0.606. The van der Waals surface area contributed by atoms with E-state index in [1.54, 1.807) is 0 Å². The third kappa shape index (κ3) is 5.82. The van der Waals surface area contributed by atoms with Crippen LogP contribution in [0.2, 0.25) is 0 Å². The smallest absolute Gasteiger partial charge is 0.191 e. The lowest BCUT2D eigenvalue weighted by Gasteiger charge is -2.38. The van der Waals surface area contributed by atoms with Gasteiger partial charge >= 0.3 is 0 Å². The summed E-state index contributed by atoms with van der Waals surface area (Å²) in [5.74, 6) is 0.896. The van der Waals surface area contributed by atoms with Crippen LogP contribution in [0.15, 0.2) is 47.7 Å². The van der Waals surface area contributed by atoms with Crippen molar-refractivity contribution in [2.75, 3.05) is 20.1 Å². The van der Waals surface area contributed by atoms with Crippen molar-refractivity contribution >= 4 is 5.96 Å². The minimum atomic E-state index is 0.469. The molecule has 0 saturated carbocycles. The zero-order valence-corrected chi connectivity index (χ0v) is 16.7. The summed E-state index contributed by atoms with van der Waals surface area (Å²) in [4.78, 5) is 6.97. The van der Waals surface area contributed by atoms with Crippen molar-refractivity contribution in [2.45, 2.75) is 44.8 Å². The highest BCUT2D eigenvalue weighted by atomic mass is 15.2. The molecule has 2 unspecified atom stereocenters. The summed E-state index contributed by atoms with van der Waals surface area (Å²) in [6.45, 7) is 5.33. The number of guanidine groups is 1. The van der Waals surface area contributed by atoms with Gasteiger partial charge in [-0.25, -0.2) is 0 Å². The summed E-state index contributed by atoms with van der Waals surface area (Å²) in [6.07, 6.45) is 7.20. The Morgan fingerprint density at radius 2 is 2.07 bits per heavy atom. The van der Waals surface area contributed by atoms with Crippen molar-refractivity contribution in [1.82, 2.24) is 25.3 Å². The number of rotatable bonds is 6. The molecule has 1 aromatic carbocycles. The van der Waals surface area contributed by atoms with Crippen LogP contribution in [0.3, 0.4) is 0 Å². The largest absolute Gasteiger partial charge is 0.356 e. The molecule has 1 aliphatic heterocycles. The minimum Gasteiger partial charge on any atom is -0.356 e. The van der Waals surface area contributed by atoms with Crippen molar-refractivity contribution in [3.8, 4) is 0 Å². The summed E-state index contributed by atoms with van der Waals surface area (Å²) in [7, 11) is 3.79. The fourth-order valence-corrected chi connectivity index (χ4v) is 3.72. The number of hydrogen-bond donors (Lipinski definition) is 2. The van der Waals surface area contributed by atoms with E-state index in [0.29, 0.717) is 12.1 Å². The Morgan fingerprint density at radius 1 is 1.26 bits per heavy atom. The lowest BCUT2D eigenvalue weighted by molar-refractivity contribution is 0.134. The summed E-state index contributed by atoms with van der Waals surface area (Å²) in [6, 6.07) is 11.8. The molecule has 27 heavy (non-hydrogen) atoms. The Morgan fingerprint density at radius 3 is 2.74 bits per heavy atom. The first-order valence-electron chi connectivity index (χ1n) is 9.86. The molecule has 0 radical (unpaired) electrons. The Labute approximate surface area is 162 Å². The van der Waals surface area contributed by atoms with Gasteiger partial charge in [-0.05, 0) is 37.3 Å². The number of aliphatic imine (C=N–C) groups is 1. The minimum absolute atomic E-state index is 0.469. The molecule has 2 atom stereocenters. The van der Waals surface area contributed by atoms with Gasteiger partial charge in [-0.1, -0.05) is 30.3 Å². The van der Waals surface area contributed by atoms with Crippen LogP contribution in [0.4, 0.5) is 0 Å². The van der Waals surface area contributed by atoms with Crippen LogP contribution in [-0.2, 0) is 20.0 Å². The molecule has 0 amide bonds. The van der Waals surface area contributed by atoms with E-state index in [-0.39, 0.29) is 0 Å². The maximum atomic E-state index is 4.39. The summed E-state index contributed by atoms with van der Waals surface area (Å²) in [5, 5.41) is 11.2. The molecule has 0 aliphatic carbocycles. The fourth-order valence-electron chi connectivity index (χ4n) is 3.72. The number of benzene rings is 1. The zero-order valence-electron chi connectivity index (χ0n) is 16.7. The molecular formula is C21H32N6. The van der Waals surface area contributed by atoms with Crippen molar-refractivity contribution in [1.29, 1.82) is 0 Å². The van der Waals surface area contributed by atoms with E-state index in [9.17, 15) is 0 Å². The number of aryl methyl sites for hydroxylation is 1. The van der Waals surface area contributed by atoms with E-state index < -0.39 is 0 Å². The lowest BCUT2D eigenvalue weighted by atomic mass is 9.97. The third-order valence-electron chi connectivity index (χ3n) is 5.27. The molecule has 6 heteroatoms. The van der Waals surface area contributed by atoms with Crippen molar-refractivity contribution < 1.29 is 0 Å². The molecule has 2 aromatic rings. The van der Waals surface area contributed by atoms with Crippen LogP contribution in [0.1, 0.15) is 30.9 Å². The summed E-state index contributed by atoms with van der Waals surface area (Å²) < 4.78 is 1.84. The highest BCUT2D eigenvalue weighted by molar-refractivity contribution is 5.79. The first-order chi connectivity index (χ1) is 13.1. The normalized spacial score (nSPS) is 21.2. The standard InChI is InChI=1S/C21H32N6/c1-17-13-20(10-12-27(17)16-18-7-5-4-6-8-18)25-21(22-2)23-11-9-19-14-24-26(3)15-19/h4-8,14-15,17,20H,9-13,16H2,1-3H3,(H2,22,23,25). The van der Waals surface area contributed by atoms with Crippen LogP contribution in [0.5, 0.6) is 0 Å². The first kappa shape index (κ1) is 19.4. The predicted molar refractivity (Wildman–Crippen MR) is 111 cm³/mol. The molecule has 0 bridgehead atoms. The van der Waals surface area contributed by atoms with E-state index in [4.69, 9.17) is 0 Å². The number of aromatic nitrogens is 2. The van der Waals surface area contributed by atoms with E-state index in [1.165, 1.54) is 11.1 Å². The Balaban J connectivity index is 1.42.